The second kappa shape index (κ2) is 11.7. The van der Waals surface area contributed by atoms with Crippen LogP contribution in [-0.2, 0) is 16.1 Å². The molecule has 2 amide bonds. The fraction of sp³-hybridized carbons (Fsp3) is 0.440. The third-order valence-corrected chi connectivity index (χ3v) is 6.05. The summed E-state index contributed by atoms with van der Waals surface area (Å²) in [4.78, 5) is 31.6. The Morgan fingerprint density at radius 2 is 1.55 bits per heavy atom. The Bertz CT molecular complexity index is 907. The maximum atomic E-state index is 12.5. The van der Waals surface area contributed by atoms with Crippen molar-refractivity contribution in [2.45, 2.75) is 12.6 Å². The SMILES string of the molecule is COc1ccc(CNC(=O)C(=O)NC[C@H](c2ccc(N(C)C)cc2)N2CCN(C)CC2)cc1. The van der Waals surface area contributed by atoms with Crippen LogP contribution in [0.25, 0.3) is 0 Å². The Morgan fingerprint density at radius 1 is 0.939 bits per heavy atom. The molecule has 2 aromatic rings. The number of hydrogen-bond donors (Lipinski definition) is 2. The predicted octanol–water partition coefficient (Wildman–Crippen LogP) is 1.48. The first-order valence-electron chi connectivity index (χ1n) is 11.3. The highest BCUT2D eigenvalue weighted by molar-refractivity contribution is 6.35. The lowest BCUT2D eigenvalue weighted by Crippen LogP contribution is -2.49. The Labute approximate surface area is 196 Å². The monoisotopic (exact) mass is 453 g/mol. The first-order chi connectivity index (χ1) is 15.9. The Kier molecular flexibility index (Phi) is 8.68. The van der Waals surface area contributed by atoms with Gasteiger partial charge >= 0.3 is 11.8 Å². The molecule has 178 valence electrons. The van der Waals surface area contributed by atoms with Crippen LogP contribution in [0.4, 0.5) is 5.69 Å². The highest BCUT2D eigenvalue weighted by Gasteiger charge is 2.25. The van der Waals surface area contributed by atoms with E-state index in [1.165, 1.54) is 0 Å². The number of likely N-dealkylation sites (N-methyl/N-ethyl adjacent to an activating group) is 1. The minimum Gasteiger partial charge on any atom is -0.497 e. The number of carbonyl (C=O) groups excluding carboxylic acids is 2. The van der Waals surface area contributed by atoms with Crippen LogP contribution in [0.2, 0.25) is 0 Å². The lowest BCUT2D eigenvalue weighted by molar-refractivity contribution is -0.139. The van der Waals surface area contributed by atoms with E-state index in [-0.39, 0.29) is 12.6 Å². The highest BCUT2D eigenvalue weighted by Crippen LogP contribution is 2.24. The first kappa shape index (κ1) is 24.5. The molecule has 8 heteroatoms. The number of nitrogens with zero attached hydrogens (tertiary/aromatic N) is 3. The Balaban J connectivity index is 1.60. The molecule has 3 rings (SSSR count). The Hall–Kier alpha value is -3.10. The van der Waals surface area contributed by atoms with E-state index in [1.54, 1.807) is 7.11 Å². The molecule has 0 radical (unpaired) electrons. The van der Waals surface area contributed by atoms with Crippen molar-refractivity contribution in [3.8, 4) is 5.75 Å². The summed E-state index contributed by atoms with van der Waals surface area (Å²) in [6, 6.07) is 15.8. The van der Waals surface area contributed by atoms with Gasteiger partial charge in [-0.25, -0.2) is 0 Å². The lowest BCUT2D eigenvalue weighted by Gasteiger charge is -2.38. The van der Waals surface area contributed by atoms with E-state index in [1.807, 2.05) is 38.4 Å². The standard InChI is InChI=1S/C25H35N5O3/c1-28(2)21-9-7-20(8-10-21)23(30-15-13-29(3)14-16-30)18-27-25(32)24(31)26-17-19-5-11-22(33-4)12-6-19/h5-12,23H,13-18H2,1-4H3,(H,26,31)(H,27,32)/t23-/m1/s1. The molecule has 1 atom stereocenters. The van der Waals surface area contributed by atoms with Gasteiger partial charge in [-0.1, -0.05) is 24.3 Å². The molecule has 0 aromatic heterocycles. The average molecular weight is 454 g/mol. The van der Waals surface area contributed by atoms with Crippen LogP contribution in [0, 0.1) is 0 Å². The number of piperazine rings is 1. The maximum absolute atomic E-state index is 12.5. The summed E-state index contributed by atoms with van der Waals surface area (Å²) < 4.78 is 5.14. The van der Waals surface area contributed by atoms with E-state index in [4.69, 9.17) is 4.74 Å². The summed E-state index contributed by atoms with van der Waals surface area (Å²) in [7, 11) is 7.75. The van der Waals surface area contributed by atoms with E-state index in [0.717, 1.165) is 48.7 Å². The number of anilines is 1. The van der Waals surface area contributed by atoms with Crippen LogP contribution < -0.4 is 20.3 Å². The fourth-order valence-corrected chi connectivity index (χ4v) is 3.86. The van der Waals surface area contributed by atoms with Gasteiger partial charge in [-0.05, 0) is 42.4 Å². The van der Waals surface area contributed by atoms with Gasteiger partial charge in [-0.2, -0.15) is 0 Å². The highest BCUT2D eigenvalue weighted by atomic mass is 16.5. The van der Waals surface area contributed by atoms with Crippen LogP contribution >= 0.6 is 0 Å². The maximum Gasteiger partial charge on any atom is 0.309 e. The second-order valence-corrected chi connectivity index (χ2v) is 8.58. The smallest absolute Gasteiger partial charge is 0.309 e. The number of benzene rings is 2. The molecule has 0 bridgehead atoms. The van der Waals surface area contributed by atoms with E-state index in [0.29, 0.717) is 6.54 Å². The minimum atomic E-state index is -0.633. The first-order valence-corrected chi connectivity index (χ1v) is 11.3. The van der Waals surface area contributed by atoms with Gasteiger partial charge in [0.25, 0.3) is 0 Å². The molecule has 1 heterocycles. The van der Waals surface area contributed by atoms with Gasteiger partial charge in [0.15, 0.2) is 0 Å². The zero-order valence-corrected chi connectivity index (χ0v) is 20.0. The van der Waals surface area contributed by atoms with Gasteiger partial charge in [0.2, 0.25) is 0 Å². The molecule has 33 heavy (non-hydrogen) atoms. The third-order valence-electron chi connectivity index (χ3n) is 6.05. The van der Waals surface area contributed by atoms with Crippen LogP contribution in [0.15, 0.2) is 48.5 Å². The minimum absolute atomic E-state index is 0.00764. The van der Waals surface area contributed by atoms with E-state index >= 15 is 0 Å². The van der Waals surface area contributed by atoms with E-state index in [2.05, 4.69) is 56.6 Å². The van der Waals surface area contributed by atoms with Crippen molar-refractivity contribution in [2.24, 2.45) is 0 Å². The molecule has 0 unspecified atom stereocenters. The lowest BCUT2D eigenvalue weighted by atomic mass is 10.0. The van der Waals surface area contributed by atoms with Crippen molar-refractivity contribution >= 4 is 17.5 Å². The topological polar surface area (TPSA) is 77.1 Å². The van der Waals surface area contributed by atoms with Gasteiger partial charge in [-0.15, -0.1) is 0 Å². The van der Waals surface area contributed by atoms with E-state index in [9.17, 15) is 9.59 Å². The number of nitrogens with one attached hydrogen (secondary N) is 2. The second-order valence-electron chi connectivity index (χ2n) is 8.58. The van der Waals surface area contributed by atoms with Crippen molar-refractivity contribution in [2.75, 3.05) is 65.9 Å². The summed E-state index contributed by atoms with van der Waals surface area (Å²) >= 11 is 0. The molecule has 2 N–H and O–H groups in total. The molecule has 8 nitrogen and oxygen atoms in total. The summed E-state index contributed by atoms with van der Waals surface area (Å²) in [5.74, 6) is -0.505. The molecular formula is C25H35N5O3. The molecule has 1 saturated heterocycles. The van der Waals surface area contributed by atoms with Crippen molar-refractivity contribution in [1.82, 2.24) is 20.4 Å². The molecular weight excluding hydrogens is 418 g/mol. The van der Waals surface area contributed by atoms with Gasteiger partial charge in [-0.3, -0.25) is 14.5 Å². The van der Waals surface area contributed by atoms with Gasteiger partial charge in [0.1, 0.15) is 5.75 Å². The third kappa shape index (κ3) is 6.94. The van der Waals surface area contributed by atoms with E-state index < -0.39 is 11.8 Å². The van der Waals surface area contributed by atoms with Crippen molar-refractivity contribution < 1.29 is 14.3 Å². The number of rotatable bonds is 8. The number of amides is 2. The predicted molar refractivity (Wildman–Crippen MR) is 130 cm³/mol. The molecule has 1 aliphatic rings. The molecule has 2 aromatic carbocycles. The molecule has 1 aliphatic heterocycles. The van der Waals surface area contributed by atoms with Crippen molar-refractivity contribution in [3.05, 3.63) is 59.7 Å². The average Bonchev–Trinajstić information content (AvgIpc) is 2.84. The summed E-state index contributed by atoms with van der Waals surface area (Å²) in [5.41, 5.74) is 3.15. The fourth-order valence-electron chi connectivity index (χ4n) is 3.86. The van der Waals surface area contributed by atoms with Crippen LogP contribution in [0.5, 0.6) is 5.75 Å². The largest absolute Gasteiger partial charge is 0.497 e. The summed E-state index contributed by atoms with van der Waals surface area (Å²) in [5, 5.41) is 5.53. The van der Waals surface area contributed by atoms with Crippen LogP contribution in [-0.4, -0.2) is 82.6 Å². The number of methoxy groups -OCH3 is 1. The van der Waals surface area contributed by atoms with Crippen molar-refractivity contribution in [1.29, 1.82) is 0 Å². The Morgan fingerprint density at radius 3 is 2.12 bits per heavy atom. The quantitative estimate of drug-likeness (QED) is 0.590. The van der Waals surface area contributed by atoms with Crippen molar-refractivity contribution in [3.63, 3.8) is 0 Å². The molecule has 0 spiro atoms. The number of ether oxygens (including phenoxy) is 1. The number of hydrogen-bond acceptors (Lipinski definition) is 6. The normalized spacial score (nSPS) is 15.5. The molecule has 1 fully saturated rings. The molecule has 0 aliphatic carbocycles. The van der Waals surface area contributed by atoms with Crippen LogP contribution in [0.1, 0.15) is 17.2 Å². The molecule has 0 saturated carbocycles. The van der Waals surface area contributed by atoms with Crippen LogP contribution in [0.3, 0.4) is 0 Å². The van der Waals surface area contributed by atoms with Gasteiger partial charge < -0.3 is 25.2 Å². The zero-order chi connectivity index (χ0) is 23.8. The van der Waals surface area contributed by atoms with Gasteiger partial charge in [0.05, 0.1) is 13.2 Å². The summed E-state index contributed by atoms with van der Waals surface area (Å²) in [6.45, 7) is 4.43. The van der Waals surface area contributed by atoms with Gasteiger partial charge in [0, 0.05) is 59.1 Å². The zero-order valence-electron chi connectivity index (χ0n) is 20.0. The number of carbonyl (C=O) groups is 2. The summed E-state index contributed by atoms with van der Waals surface area (Å²) in [6.07, 6.45) is 0.